The van der Waals surface area contributed by atoms with Crippen LogP contribution in [-0.4, -0.2) is 29.1 Å². The molecule has 0 amide bonds. The molecule has 0 unspecified atom stereocenters. The maximum absolute atomic E-state index is 10.2. The van der Waals surface area contributed by atoms with Gasteiger partial charge in [-0.15, -0.1) is 0 Å². The minimum Gasteiger partial charge on any atom is -0.478 e. The van der Waals surface area contributed by atoms with E-state index in [4.69, 9.17) is 5.11 Å². The number of nitrogens with one attached hydrogen (secondary N) is 1. The summed E-state index contributed by atoms with van der Waals surface area (Å²) in [6.07, 6.45) is 5.62. The van der Waals surface area contributed by atoms with Gasteiger partial charge in [0.2, 0.25) is 0 Å². The quantitative estimate of drug-likeness (QED) is 0.704. The minimum absolute atomic E-state index is 0.220. The minimum atomic E-state index is -0.942. The first-order valence-electron chi connectivity index (χ1n) is 4.65. The Morgan fingerprint density at radius 3 is 2.43 bits per heavy atom. The summed E-state index contributed by atoms with van der Waals surface area (Å²) in [5, 5.41) is 11.6. The van der Waals surface area contributed by atoms with Gasteiger partial charge in [-0.1, -0.05) is 0 Å². The Balaban J connectivity index is 0.000000165. The van der Waals surface area contributed by atoms with Crippen molar-refractivity contribution in [1.82, 2.24) is 10.3 Å². The van der Waals surface area contributed by atoms with E-state index < -0.39 is 5.97 Å². The van der Waals surface area contributed by atoms with E-state index in [1.807, 2.05) is 0 Å². The summed E-state index contributed by atoms with van der Waals surface area (Å²) < 4.78 is 0. The van der Waals surface area contributed by atoms with E-state index >= 15 is 0 Å². The Kier molecular flexibility index (Phi) is 4.64. The van der Waals surface area contributed by atoms with Crippen molar-refractivity contribution in [2.24, 2.45) is 0 Å². The van der Waals surface area contributed by atoms with E-state index in [1.54, 1.807) is 6.07 Å². The van der Waals surface area contributed by atoms with E-state index in [1.165, 1.54) is 44.4 Å². The number of carboxylic acids is 1. The van der Waals surface area contributed by atoms with Crippen LogP contribution in [0, 0.1) is 0 Å². The molecular formula is C10H14N2O2. The predicted octanol–water partition coefficient (Wildman–Crippen LogP) is 1.15. The van der Waals surface area contributed by atoms with Gasteiger partial charge in [-0.25, -0.2) is 4.79 Å². The summed E-state index contributed by atoms with van der Waals surface area (Å²) in [6, 6.07) is 3.08. The second-order valence-electron chi connectivity index (χ2n) is 3.00. The standard InChI is InChI=1S/C6H5NO2.C4H9N/c8-6(9)5-2-1-3-7-4-5;1-2-4-5-3-1/h1-4H,(H,8,9);5H,1-4H2. The molecule has 1 aromatic rings. The smallest absolute Gasteiger partial charge is 0.337 e. The molecular weight excluding hydrogens is 180 g/mol. The van der Waals surface area contributed by atoms with E-state index in [2.05, 4.69) is 10.3 Å². The van der Waals surface area contributed by atoms with Crippen LogP contribution in [0.25, 0.3) is 0 Å². The molecule has 4 nitrogen and oxygen atoms in total. The van der Waals surface area contributed by atoms with Crippen molar-refractivity contribution in [1.29, 1.82) is 0 Å². The van der Waals surface area contributed by atoms with Crippen LogP contribution in [0.15, 0.2) is 24.5 Å². The summed E-state index contributed by atoms with van der Waals surface area (Å²) in [5.74, 6) is -0.942. The maximum Gasteiger partial charge on any atom is 0.337 e. The van der Waals surface area contributed by atoms with Gasteiger partial charge in [-0.3, -0.25) is 4.98 Å². The Morgan fingerprint density at radius 2 is 2.14 bits per heavy atom. The number of aromatic carboxylic acids is 1. The molecule has 1 aliphatic heterocycles. The highest BCUT2D eigenvalue weighted by molar-refractivity contribution is 5.86. The molecule has 76 valence electrons. The number of carbonyl (C=O) groups is 1. The van der Waals surface area contributed by atoms with Crippen molar-refractivity contribution < 1.29 is 9.90 Å². The summed E-state index contributed by atoms with van der Waals surface area (Å²) in [7, 11) is 0. The largest absolute Gasteiger partial charge is 0.478 e. The zero-order chi connectivity index (χ0) is 10.2. The average molecular weight is 194 g/mol. The average Bonchev–Trinajstić information content (AvgIpc) is 2.77. The molecule has 4 heteroatoms. The lowest BCUT2D eigenvalue weighted by Gasteiger charge is -1.87. The first kappa shape index (κ1) is 10.7. The lowest BCUT2D eigenvalue weighted by Crippen LogP contribution is -2.03. The molecule has 2 rings (SSSR count). The lowest BCUT2D eigenvalue weighted by atomic mass is 10.3. The number of nitrogens with zero attached hydrogens (tertiary/aromatic N) is 1. The summed E-state index contributed by atoms with van der Waals surface area (Å²) in [4.78, 5) is 13.8. The van der Waals surface area contributed by atoms with Gasteiger partial charge in [-0.2, -0.15) is 0 Å². The fourth-order valence-electron chi connectivity index (χ4n) is 1.11. The Labute approximate surface area is 83.0 Å². The van der Waals surface area contributed by atoms with Gasteiger partial charge in [0.25, 0.3) is 0 Å². The fraction of sp³-hybridized carbons (Fsp3) is 0.400. The van der Waals surface area contributed by atoms with Gasteiger partial charge in [0.1, 0.15) is 0 Å². The Morgan fingerprint density at radius 1 is 1.43 bits per heavy atom. The van der Waals surface area contributed by atoms with Crippen LogP contribution >= 0.6 is 0 Å². The Bertz CT molecular complexity index is 263. The SMILES string of the molecule is C1CCNC1.O=C(O)c1cccnc1. The van der Waals surface area contributed by atoms with Crippen molar-refractivity contribution >= 4 is 5.97 Å². The van der Waals surface area contributed by atoms with Crippen molar-refractivity contribution in [3.05, 3.63) is 30.1 Å². The molecule has 2 heterocycles. The highest BCUT2D eigenvalue weighted by Gasteiger charge is 1.97. The van der Waals surface area contributed by atoms with Crippen LogP contribution in [0.3, 0.4) is 0 Å². The zero-order valence-electron chi connectivity index (χ0n) is 7.94. The van der Waals surface area contributed by atoms with Crippen LogP contribution in [0.1, 0.15) is 23.2 Å². The van der Waals surface area contributed by atoms with Crippen molar-refractivity contribution in [3.63, 3.8) is 0 Å². The molecule has 14 heavy (non-hydrogen) atoms. The van der Waals surface area contributed by atoms with E-state index in [0.29, 0.717) is 0 Å². The second kappa shape index (κ2) is 6.10. The monoisotopic (exact) mass is 194 g/mol. The molecule has 1 fully saturated rings. The third kappa shape index (κ3) is 4.00. The van der Waals surface area contributed by atoms with Crippen molar-refractivity contribution in [2.45, 2.75) is 12.8 Å². The van der Waals surface area contributed by atoms with Gasteiger partial charge in [0, 0.05) is 12.4 Å². The second-order valence-corrected chi connectivity index (χ2v) is 3.00. The van der Waals surface area contributed by atoms with Crippen LogP contribution in [0.4, 0.5) is 0 Å². The number of hydrogen-bond acceptors (Lipinski definition) is 3. The number of hydrogen-bond donors (Lipinski definition) is 2. The number of carboxylic acid groups (broad SMARTS) is 1. The number of rotatable bonds is 1. The van der Waals surface area contributed by atoms with Gasteiger partial charge in [-0.05, 0) is 38.1 Å². The zero-order valence-corrected chi connectivity index (χ0v) is 7.94. The van der Waals surface area contributed by atoms with E-state index in [9.17, 15) is 4.79 Å². The third-order valence-corrected chi connectivity index (χ3v) is 1.87. The molecule has 0 spiro atoms. The molecule has 0 radical (unpaired) electrons. The first-order chi connectivity index (χ1) is 6.80. The first-order valence-corrected chi connectivity index (χ1v) is 4.65. The van der Waals surface area contributed by atoms with Gasteiger partial charge in [0.15, 0.2) is 0 Å². The van der Waals surface area contributed by atoms with Crippen LogP contribution in [-0.2, 0) is 0 Å². The molecule has 0 aliphatic carbocycles. The summed E-state index contributed by atoms with van der Waals surface area (Å²) >= 11 is 0. The normalized spacial score (nSPS) is 14.3. The van der Waals surface area contributed by atoms with Crippen molar-refractivity contribution in [3.8, 4) is 0 Å². The number of aromatic nitrogens is 1. The van der Waals surface area contributed by atoms with Crippen molar-refractivity contribution in [2.75, 3.05) is 13.1 Å². The van der Waals surface area contributed by atoms with Crippen LogP contribution in [0.5, 0.6) is 0 Å². The number of pyridine rings is 1. The topological polar surface area (TPSA) is 62.2 Å². The molecule has 0 bridgehead atoms. The highest BCUT2D eigenvalue weighted by Crippen LogP contribution is 1.93. The third-order valence-electron chi connectivity index (χ3n) is 1.87. The van der Waals surface area contributed by atoms with Gasteiger partial charge >= 0.3 is 5.97 Å². The fourth-order valence-corrected chi connectivity index (χ4v) is 1.11. The summed E-state index contributed by atoms with van der Waals surface area (Å²) in [5.41, 5.74) is 0.220. The molecule has 2 N–H and O–H groups in total. The molecule has 1 aliphatic rings. The maximum atomic E-state index is 10.2. The molecule has 1 aromatic heterocycles. The van der Waals surface area contributed by atoms with Gasteiger partial charge in [0.05, 0.1) is 5.56 Å². The summed E-state index contributed by atoms with van der Waals surface area (Å²) in [6.45, 7) is 2.50. The van der Waals surface area contributed by atoms with E-state index in [0.717, 1.165) is 0 Å². The lowest BCUT2D eigenvalue weighted by molar-refractivity contribution is 0.0696. The molecule has 1 saturated heterocycles. The van der Waals surface area contributed by atoms with Crippen LogP contribution < -0.4 is 5.32 Å². The molecule has 0 saturated carbocycles. The van der Waals surface area contributed by atoms with E-state index in [-0.39, 0.29) is 5.56 Å². The predicted molar refractivity (Wildman–Crippen MR) is 53.3 cm³/mol. The molecule has 0 atom stereocenters. The molecule has 0 aromatic carbocycles. The van der Waals surface area contributed by atoms with Gasteiger partial charge < -0.3 is 10.4 Å². The highest BCUT2D eigenvalue weighted by atomic mass is 16.4. The Hall–Kier alpha value is -1.42. The van der Waals surface area contributed by atoms with Crippen LogP contribution in [0.2, 0.25) is 0 Å².